The van der Waals surface area contributed by atoms with Crippen molar-refractivity contribution in [1.29, 1.82) is 5.41 Å². The molecule has 13 heteroatoms. The number of hydrogen-bond acceptors (Lipinski definition) is 10. The molecule has 220 valence electrons. The summed E-state index contributed by atoms with van der Waals surface area (Å²) in [6.07, 6.45) is 3.68. The van der Waals surface area contributed by atoms with E-state index in [9.17, 15) is 14.3 Å². The molecule has 3 unspecified atom stereocenters. The lowest BCUT2D eigenvalue weighted by Gasteiger charge is -2.24. The third-order valence-corrected chi connectivity index (χ3v) is 7.13. The van der Waals surface area contributed by atoms with Crippen molar-refractivity contribution in [2.45, 2.75) is 31.5 Å². The number of carbonyl (C=O) groups excluding carboxylic acids is 1. The van der Waals surface area contributed by atoms with Crippen LogP contribution in [0.25, 0.3) is 0 Å². The summed E-state index contributed by atoms with van der Waals surface area (Å²) in [6, 6.07) is 8.60. The van der Waals surface area contributed by atoms with Gasteiger partial charge < -0.3 is 29.8 Å². The van der Waals surface area contributed by atoms with Gasteiger partial charge in [-0.3, -0.25) is 20.1 Å². The predicted octanol–water partition coefficient (Wildman–Crippen LogP) is 4.67. The summed E-state index contributed by atoms with van der Waals surface area (Å²) in [5.74, 6) is -4.91. The second-order valence-electron chi connectivity index (χ2n) is 9.92. The summed E-state index contributed by atoms with van der Waals surface area (Å²) in [6.45, 7) is 0.543. The summed E-state index contributed by atoms with van der Waals surface area (Å²) in [4.78, 5) is 22.2. The average Bonchev–Trinajstić information content (AvgIpc) is 3.62. The maximum atomic E-state index is 15.6. The van der Waals surface area contributed by atoms with E-state index in [0.29, 0.717) is 30.7 Å². The molecule has 0 bridgehead atoms. The molecular weight excluding hydrogens is 552 g/mol. The normalized spacial score (nSPS) is 20.0. The van der Waals surface area contributed by atoms with Crippen LogP contribution in [0, 0.1) is 23.0 Å². The van der Waals surface area contributed by atoms with Gasteiger partial charge >= 0.3 is 5.97 Å². The number of nitrogens with one attached hydrogen (secondary N) is 1. The number of aromatic nitrogens is 1. The van der Waals surface area contributed by atoms with Gasteiger partial charge in [0.1, 0.15) is 29.6 Å². The van der Waals surface area contributed by atoms with Crippen LogP contribution in [0.5, 0.6) is 34.6 Å². The van der Waals surface area contributed by atoms with Gasteiger partial charge in [-0.15, -0.1) is 0 Å². The molecule has 1 aliphatic carbocycles. The minimum atomic E-state index is -1.26. The number of nitrogens with zero attached hydrogens (tertiary/aromatic N) is 3. The van der Waals surface area contributed by atoms with E-state index in [1.54, 1.807) is 18.3 Å². The van der Waals surface area contributed by atoms with Crippen molar-refractivity contribution in [3.8, 4) is 34.6 Å². The predicted molar refractivity (Wildman–Crippen MR) is 148 cm³/mol. The molecule has 1 fully saturated rings. The molecule has 3 aromatic rings. The van der Waals surface area contributed by atoms with Crippen LogP contribution in [0.4, 0.5) is 8.78 Å². The highest BCUT2D eigenvalue weighted by Crippen LogP contribution is 2.41. The lowest BCUT2D eigenvalue weighted by atomic mass is 10.1. The van der Waals surface area contributed by atoms with Crippen LogP contribution < -0.4 is 19.9 Å². The first kappa shape index (κ1) is 28.7. The monoisotopic (exact) mass is 581 g/mol. The van der Waals surface area contributed by atoms with Crippen molar-refractivity contribution in [2.24, 2.45) is 16.6 Å². The topological polar surface area (TPSA) is 153 Å². The highest BCUT2D eigenvalue weighted by molar-refractivity contribution is 5.95. The van der Waals surface area contributed by atoms with Crippen molar-refractivity contribution in [3.63, 3.8) is 0 Å². The van der Waals surface area contributed by atoms with Gasteiger partial charge in [0.25, 0.3) is 5.88 Å². The number of aromatic hydroxyl groups is 1. The molecule has 3 atom stereocenters. The molecule has 2 aliphatic rings. The Labute approximate surface area is 240 Å². The molecule has 42 heavy (non-hydrogen) atoms. The van der Waals surface area contributed by atoms with E-state index in [-0.39, 0.29) is 40.7 Å². The Kier molecular flexibility index (Phi) is 8.20. The van der Waals surface area contributed by atoms with Crippen molar-refractivity contribution < 1.29 is 37.6 Å². The van der Waals surface area contributed by atoms with E-state index in [1.807, 2.05) is 11.9 Å². The molecule has 1 aromatic heterocycles. The van der Waals surface area contributed by atoms with E-state index in [2.05, 4.69) is 9.98 Å². The van der Waals surface area contributed by atoms with Crippen LogP contribution in [-0.4, -0.2) is 59.8 Å². The third-order valence-electron chi connectivity index (χ3n) is 7.13. The Morgan fingerprint density at radius 2 is 1.95 bits per heavy atom. The van der Waals surface area contributed by atoms with Gasteiger partial charge in [0.05, 0.1) is 19.2 Å². The molecule has 1 saturated carbocycles. The fourth-order valence-electron chi connectivity index (χ4n) is 4.94. The Morgan fingerprint density at radius 3 is 2.67 bits per heavy atom. The quantitative estimate of drug-likeness (QED) is 0.186. The number of methoxy groups -OCH3 is 1. The van der Waals surface area contributed by atoms with Crippen LogP contribution >= 0.6 is 0 Å². The van der Waals surface area contributed by atoms with E-state index < -0.39 is 35.3 Å². The van der Waals surface area contributed by atoms with Crippen molar-refractivity contribution >= 4 is 18.0 Å². The van der Waals surface area contributed by atoms with Crippen LogP contribution in [0.2, 0.25) is 0 Å². The SMILES string of the molecule is COC(=O)C1CCCC1Oc1ccc(Oc2c(F)cnc(Oc3cc(C(=N)N)ccc3O)c2F)c(C2N=CCN2C)c1. The number of nitrogens with two attached hydrogens (primary N) is 1. The average molecular weight is 582 g/mol. The zero-order valence-corrected chi connectivity index (χ0v) is 22.8. The van der Waals surface area contributed by atoms with Gasteiger partial charge in [0.2, 0.25) is 11.6 Å². The zero-order chi connectivity index (χ0) is 30.0. The number of amidine groups is 1. The van der Waals surface area contributed by atoms with E-state index >= 15 is 4.39 Å². The number of halogens is 2. The zero-order valence-electron chi connectivity index (χ0n) is 22.8. The van der Waals surface area contributed by atoms with Crippen LogP contribution in [0.1, 0.15) is 36.6 Å². The maximum absolute atomic E-state index is 15.6. The summed E-state index contributed by atoms with van der Waals surface area (Å²) in [7, 11) is 3.18. The number of rotatable bonds is 9. The number of hydrogen-bond donors (Lipinski definition) is 3. The number of phenols is 1. The van der Waals surface area contributed by atoms with Gasteiger partial charge in [-0.2, -0.15) is 4.39 Å². The fraction of sp³-hybridized carbons (Fsp3) is 0.310. The molecule has 1 aliphatic heterocycles. The minimum Gasteiger partial charge on any atom is -0.504 e. The van der Waals surface area contributed by atoms with E-state index in [0.717, 1.165) is 12.6 Å². The minimum absolute atomic E-state index is 0.102. The second-order valence-corrected chi connectivity index (χ2v) is 9.92. The molecule has 5 rings (SSSR count). The Balaban J connectivity index is 1.47. The van der Waals surface area contributed by atoms with Crippen molar-refractivity contribution in [1.82, 2.24) is 9.88 Å². The second kappa shape index (κ2) is 12.0. The van der Waals surface area contributed by atoms with Crippen LogP contribution in [-0.2, 0) is 9.53 Å². The number of pyridine rings is 1. The first-order valence-electron chi connectivity index (χ1n) is 13.1. The maximum Gasteiger partial charge on any atom is 0.312 e. The molecule has 11 nitrogen and oxygen atoms in total. The lowest BCUT2D eigenvalue weighted by Crippen LogP contribution is -2.29. The van der Waals surface area contributed by atoms with E-state index in [4.69, 9.17) is 30.1 Å². The first-order chi connectivity index (χ1) is 20.2. The first-order valence-corrected chi connectivity index (χ1v) is 13.1. The summed E-state index contributed by atoms with van der Waals surface area (Å²) in [5, 5.41) is 17.7. The Morgan fingerprint density at radius 1 is 1.14 bits per heavy atom. The molecular formula is C29H29F2N5O6. The molecule has 0 spiro atoms. The number of carbonyl (C=O) groups is 1. The standard InChI is InChI=1S/C29H29F2N5O6/c1-36-11-10-34-27(36)18-13-16(40-21-5-3-4-17(21)29(38)39-2)7-9-22(18)41-25-19(30)14-35-28(24(25)31)42-23-12-15(26(32)33)6-8-20(23)37/h6-10,12-14,17,21,27,37H,3-5,11H2,1-2H3,(H3,32,33). The lowest BCUT2D eigenvalue weighted by molar-refractivity contribution is -0.147. The third kappa shape index (κ3) is 5.81. The highest BCUT2D eigenvalue weighted by atomic mass is 19.1. The molecule has 4 N–H and O–H groups in total. The highest BCUT2D eigenvalue weighted by Gasteiger charge is 2.36. The van der Waals surface area contributed by atoms with Gasteiger partial charge in [-0.1, -0.05) is 0 Å². The van der Waals surface area contributed by atoms with Gasteiger partial charge in [-0.05, 0) is 62.7 Å². The number of benzene rings is 2. The number of phenolic OH excluding ortho intramolecular Hbond substituents is 1. The van der Waals surface area contributed by atoms with Gasteiger partial charge in [0, 0.05) is 23.9 Å². The van der Waals surface area contributed by atoms with E-state index in [1.165, 1.54) is 31.4 Å². The molecule has 2 aromatic carbocycles. The van der Waals surface area contributed by atoms with Crippen molar-refractivity contribution in [2.75, 3.05) is 20.7 Å². The van der Waals surface area contributed by atoms with Crippen molar-refractivity contribution in [3.05, 3.63) is 65.4 Å². The molecule has 0 saturated heterocycles. The fourth-order valence-corrected chi connectivity index (χ4v) is 4.94. The summed E-state index contributed by atoms with van der Waals surface area (Å²) in [5.41, 5.74) is 6.17. The van der Waals surface area contributed by atoms with Crippen LogP contribution in [0.3, 0.4) is 0 Å². The van der Waals surface area contributed by atoms with Gasteiger partial charge in [0.15, 0.2) is 17.3 Å². The Bertz CT molecular complexity index is 1550. The smallest absolute Gasteiger partial charge is 0.312 e. The van der Waals surface area contributed by atoms with Crippen LogP contribution in [0.15, 0.2) is 47.6 Å². The van der Waals surface area contributed by atoms with Gasteiger partial charge in [-0.25, -0.2) is 9.37 Å². The summed E-state index contributed by atoms with van der Waals surface area (Å²) < 4.78 is 52.8. The summed E-state index contributed by atoms with van der Waals surface area (Å²) >= 11 is 0. The number of esters is 1. The number of aliphatic imine (C=N–C) groups is 1. The Hall–Kier alpha value is -4.78. The molecule has 2 heterocycles. The molecule has 0 amide bonds. The molecule has 0 radical (unpaired) electrons. The number of ether oxygens (including phenoxy) is 4. The number of nitrogen functional groups attached to an aromatic ring is 1. The largest absolute Gasteiger partial charge is 0.504 e.